The predicted molar refractivity (Wildman–Crippen MR) is 49.1 cm³/mol. The lowest BCUT2D eigenvalue weighted by atomic mass is 10.0. The third kappa shape index (κ3) is 1.70. The van der Waals surface area contributed by atoms with Crippen molar-refractivity contribution in [1.82, 2.24) is 4.90 Å². The minimum absolute atomic E-state index is 0.113. The summed E-state index contributed by atoms with van der Waals surface area (Å²) in [5.41, 5.74) is 0. The highest BCUT2D eigenvalue weighted by molar-refractivity contribution is 5.74. The summed E-state index contributed by atoms with van der Waals surface area (Å²) in [6.45, 7) is 2.43. The van der Waals surface area contributed by atoms with E-state index in [1.165, 1.54) is 0 Å². The van der Waals surface area contributed by atoms with E-state index in [9.17, 15) is 9.90 Å². The van der Waals surface area contributed by atoms with Gasteiger partial charge in [-0.25, -0.2) is 0 Å². The molecule has 2 rings (SSSR count). The van der Waals surface area contributed by atoms with Gasteiger partial charge in [0, 0.05) is 13.5 Å². The molecule has 1 heterocycles. The number of rotatable bonds is 2. The molecule has 1 amide bonds. The van der Waals surface area contributed by atoms with Crippen LogP contribution >= 0.6 is 0 Å². The molecule has 2 unspecified atom stereocenters. The van der Waals surface area contributed by atoms with Crippen molar-refractivity contribution >= 4 is 5.91 Å². The second-order valence-electron chi connectivity index (χ2n) is 4.25. The van der Waals surface area contributed by atoms with Gasteiger partial charge in [0.05, 0.1) is 12.1 Å². The molecule has 2 fully saturated rings. The Bertz CT molecular complexity index is 213. The van der Waals surface area contributed by atoms with Gasteiger partial charge in [0.1, 0.15) is 0 Å². The van der Waals surface area contributed by atoms with Crippen molar-refractivity contribution < 1.29 is 9.90 Å². The Labute approximate surface area is 78.7 Å². The quantitative estimate of drug-likeness (QED) is 0.687. The van der Waals surface area contributed by atoms with E-state index in [1.54, 1.807) is 6.92 Å². The molecule has 2 atom stereocenters. The lowest BCUT2D eigenvalue weighted by Crippen LogP contribution is -2.42. The van der Waals surface area contributed by atoms with Crippen molar-refractivity contribution in [2.45, 2.75) is 44.8 Å². The summed E-state index contributed by atoms with van der Waals surface area (Å²) in [5.74, 6) is 0.590. The zero-order chi connectivity index (χ0) is 9.42. The number of aliphatic hydroxyl groups excluding tert-OH is 1. The van der Waals surface area contributed by atoms with Crippen LogP contribution in [0.15, 0.2) is 0 Å². The summed E-state index contributed by atoms with van der Waals surface area (Å²) in [7, 11) is 0. The molecule has 0 bridgehead atoms. The first kappa shape index (κ1) is 9.00. The van der Waals surface area contributed by atoms with Gasteiger partial charge >= 0.3 is 0 Å². The second-order valence-corrected chi connectivity index (χ2v) is 4.25. The molecule has 1 aliphatic carbocycles. The van der Waals surface area contributed by atoms with E-state index >= 15 is 0 Å². The summed E-state index contributed by atoms with van der Waals surface area (Å²) in [6, 6.07) is 0.116. The van der Waals surface area contributed by atoms with Crippen LogP contribution < -0.4 is 0 Å². The van der Waals surface area contributed by atoms with Crippen molar-refractivity contribution in [3.63, 3.8) is 0 Å². The third-order valence-corrected chi connectivity index (χ3v) is 3.20. The Morgan fingerprint density at radius 2 is 2.15 bits per heavy atom. The maximum absolute atomic E-state index is 11.2. The Balaban J connectivity index is 1.99. The van der Waals surface area contributed by atoms with Gasteiger partial charge < -0.3 is 10.0 Å². The van der Waals surface area contributed by atoms with Crippen molar-refractivity contribution in [2.75, 3.05) is 6.54 Å². The molecule has 0 aromatic heterocycles. The monoisotopic (exact) mass is 183 g/mol. The fourth-order valence-electron chi connectivity index (χ4n) is 2.29. The van der Waals surface area contributed by atoms with Crippen LogP contribution in [0.25, 0.3) is 0 Å². The average molecular weight is 183 g/mol. The molecule has 2 aliphatic rings. The maximum Gasteiger partial charge on any atom is 0.219 e. The zero-order valence-corrected chi connectivity index (χ0v) is 8.07. The largest absolute Gasteiger partial charge is 0.391 e. The lowest BCUT2D eigenvalue weighted by molar-refractivity contribution is -0.132. The van der Waals surface area contributed by atoms with Gasteiger partial charge in [-0.15, -0.1) is 0 Å². The molecule has 0 spiro atoms. The highest BCUT2D eigenvalue weighted by Crippen LogP contribution is 2.37. The first-order valence-corrected chi connectivity index (χ1v) is 5.15. The van der Waals surface area contributed by atoms with Crippen molar-refractivity contribution in [3.8, 4) is 0 Å². The molecular formula is C10H17NO2. The summed E-state index contributed by atoms with van der Waals surface area (Å²) < 4.78 is 0. The number of aliphatic hydroxyl groups is 1. The lowest BCUT2D eigenvalue weighted by Gasteiger charge is -2.27. The minimum Gasteiger partial charge on any atom is -0.391 e. The highest BCUT2D eigenvalue weighted by Gasteiger charge is 2.40. The topological polar surface area (TPSA) is 40.5 Å². The Hall–Kier alpha value is -0.570. The van der Waals surface area contributed by atoms with Crippen molar-refractivity contribution in [3.05, 3.63) is 0 Å². The number of likely N-dealkylation sites (tertiary alicyclic amines) is 1. The second kappa shape index (κ2) is 3.29. The van der Waals surface area contributed by atoms with E-state index in [-0.39, 0.29) is 18.1 Å². The molecule has 1 saturated carbocycles. The predicted octanol–water partition coefficient (Wildman–Crippen LogP) is 0.768. The van der Waals surface area contributed by atoms with Crippen molar-refractivity contribution in [2.24, 2.45) is 5.92 Å². The number of hydrogen-bond acceptors (Lipinski definition) is 2. The molecule has 3 nitrogen and oxygen atoms in total. The Morgan fingerprint density at radius 1 is 1.46 bits per heavy atom. The summed E-state index contributed by atoms with van der Waals surface area (Å²) >= 11 is 0. The van der Waals surface area contributed by atoms with E-state index in [0.29, 0.717) is 5.92 Å². The van der Waals surface area contributed by atoms with Gasteiger partial charge in [-0.1, -0.05) is 0 Å². The first-order chi connectivity index (χ1) is 6.20. The maximum atomic E-state index is 11.2. The van der Waals surface area contributed by atoms with Crippen LogP contribution in [0.5, 0.6) is 0 Å². The van der Waals surface area contributed by atoms with Gasteiger partial charge in [-0.05, 0) is 31.6 Å². The van der Waals surface area contributed by atoms with E-state index in [4.69, 9.17) is 0 Å². The molecule has 0 radical (unpaired) electrons. The molecule has 1 N–H and O–H groups in total. The van der Waals surface area contributed by atoms with Crippen LogP contribution in [0, 0.1) is 5.92 Å². The number of nitrogens with zero attached hydrogens (tertiary/aromatic N) is 1. The van der Waals surface area contributed by atoms with Gasteiger partial charge in [0.25, 0.3) is 0 Å². The molecule has 3 heteroatoms. The smallest absolute Gasteiger partial charge is 0.219 e. The van der Waals surface area contributed by atoms with Crippen LogP contribution in [0.2, 0.25) is 0 Å². The Kier molecular flexibility index (Phi) is 2.28. The number of amides is 1. The summed E-state index contributed by atoms with van der Waals surface area (Å²) in [5, 5.41) is 9.91. The number of carbonyl (C=O) groups is 1. The molecular weight excluding hydrogens is 166 g/mol. The highest BCUT2D eigenvalue weighted by atomic mass is 16.3. The van der Waals surface area contributed by atoms with Crippen LogP contribution in [0.1, 0.15) is 32.6 Å². The normalized spacial score (nSPS) is 30.6. The summed E-state index contributed by atoms with van der Waals surface area (Å²) in [6.07, 6.45) is 4.06. The third-order valence-electron chi connectivity index (χ3n) is 3.20. The molecule has 1 aliphatic heterocycles. The SMILES string of the molecule is CC(=O)N1CCCC1C(O)C1CC1. The van der Waals surface area contributed by atoms with Gasteiger partial charge in [0.15, 0.2) is 0 Å². The molecule has 13 heavy (non-hydrogen) atoms. The standard InChI is InChI=1S/C10H17NO2/c1-7(12)11-6-2-3-9(11)10(13)8-4-5-8/h8-10,13H,2-6H2,1H3. The van der Waals surface area contributed by atoms with Gasteiger partial charge in [-0.3, -0.25) is 4.79 Å². The van der Waals surface area contributed by atoms with Gasteiger partial charge in [0.2, 0.25) is 5.91 Å². The Morgan fingerprint density at radius 3 is 2.69 bits per heavy atom. The van der Waals surface area contributed by atoms with E-state index in [0.717, 1.165) is 32.2 Å². The van der Waals surface area contributed by atoms with E-state index in [1.807, 2.05) is 4.90 Å². The van der Waals surface area contributed by atoms with E-state index < -0.39 is 0 Å². The number of hydrogen-bond donors (Lipinski definition) is 1. The average Bonchev–Trinajstić information content (AvgIpc) is 2.80. The molecule has 0 aromatic rings. The van der Waals surface area contributed by atoms with Crippen LogP contribution in [-0.2, 0) is 4.79 Å². The minimum atomic E-state index is -0.258. The van der Waals surface area contributed by atoms with Gasteiger partial charge in [-0.2, -0.15) is 0 Å². The molecule has 74 valence electrons. The van der Waals surface area contributed by atoms with E-state index in [2.05, 4.69) is 0 Å². The van der Waals surface area contributed by atoms with Crippen LogP contribution in [-0.4, -0.2) is 34.6 Å². The van der Waals surface area contributed by atoms with Crippen molar-refractivity contribution in [1.29, 1.82) is 0 Å². The fraction of sp³-hybridized carbons (Fsp3) is 0.900. The first-order valence-electron chi connectivity index (χ1n) is 5.15. The van der Waals surface area contributed by atoms with Crippen LogP contribution in [0.4, 0.5) is 0 Å². The fourth-order valence-corrected chi connectivity index (χ4v) is 2.29. The summed E-state index contributed by atoms with van der Waals surface area (Å²) in [4.78, 5) is 13.1. The van der Waals surface area contributed by atoms with Crippen LogP contribution in [0.3, 0.4) is 0 Å². The zero-order valence-electron chi connectivity index (χ0n) is 8.07. The number of carbonyl (C=O) groups excluding carboxylic acids is 1. The molecule has 1 saturated heterocycles. The molecule has 0 aromatic carbocycles.